The Balaban J connectivity index is 1.94. The highest BCUT2D eigenvalue weighted by Crippen LogP contribution is 2.26. The van der Waals surface area contributed by atoms with Crippen LogP contribution in [0.5, 0.6) is 0 Å². The van der Waals surface area contributed by atoms with Crippen LogP contribution in [-0.4, -0.2) is 28.9 Å². The molecule has 94 valence electrons. The van der Waals surface area contributed by atoms with Crippen molar-refractivity contribution in [2.75, 3.05) is 7.05 Å². The van der Waals surface area contributed by atoms with Crippen LogP contribution in [0.15, 0.2) is 5.51 Å². The lowest BCUT2D eigenvalue weighted by Crippen LogP contribution is -2.32. The van der Waals surface area contributed by atoms with Crippen molar-refractivity contribution in [3.8, 4) is 0 Å². The molecule has 1 aliphatic carbocycles. The van der Waals surface area contributed by atoms with E-state index >= 15 is 0 Å². The molecule has 0 spiro atoms. The number of aromatic nitrogens is 1. The lowest BCUT2D eigenvalue weighted by Gasteiger charge is -2.20. The molecule has 0 radical (unpaired) electrons. The first kappa shape index (κ1) is 12.5. The van der Waals surface area contributed by atoms with Gasteiger partial charge in [-0.05, 0) is 26.2 Å². The van der Waals surface area contributed by atoms with Crippen LogP contribution >= 0.6 is 11.3 Å². The van der Waals surface area contributed by atoms with Crippen molar-refractivity contribution >= 4 is 17.2 Å². The summed E-state index contributed by atoms with van der Waals surface area (Å²) in [5.74, 6) is 0.356. The van der Waals surface area contributed by atoms with Gasteiger partial charge in [0, 0.05) is 23.9 Å². The minimum atomic E-state index is 0.128. The Morgan fingerprint density at radius 1 is 1.65 bits per heavy atom. The zero-order chi connectivity index (χ0) is 12.4. The molecule has 1 aromatic heterocycles. The highest BCUT2D eigenvalue weighted by atomic mass is 32.1. The van der Waals surface area contributed by atoms with Crippen molar-refractivity contribution in [1.82, 2.24) is 9.88 Å². The van der Waals surface area contributed by atoms with Crippen molar-refractivity contribution < 1.29 is 4.79 Å². The minimum absolute atomic E-state index is 0.128. The molecule has 5 heteroatoms. The van der Waals surface area contributed by atoms with E-state index < -0.39 is 0 Å². The number of hydrogen-bond acceptors (Lipinski definition) is 4. The summed E-state index contributed by atoms with van der Waals surface area (Å²) < 4.78 is 0. The van der Waals surface area contributed by atoms with Gasteiger partial charge in [-0.15, -0.1) is 11.3 Å². The fraction of sp³-hybridized carbons (Fsp3) is 0.667. The van der Waals surface area contributed by atoms with Gasteiger partial charge in [-0.3, -0.25) is 4.79 Å². The van der Waals surface area contributed by atoms with Gasteiger partial charge in [0.1, 0.15) is 0 Å². The number of aryl methyl sites for hydroxylation is 1. The Morgan fingerprint density at radius 2 is 2.41 bits per heavy atom. The molecule has 0 unspecified atom stereocenters. The summed E-state index contributed by atoms with van der Waals surface area (Å²) in [5, 5.41) is 0. The molecule has 0 saturated heterocycles. The Hall–Kier alpha value is -0.940. The van der Waals surface area contributed by atoms with Crippen molar-refractivity contribution in [3.05, 3.63) is 16.1 Å². The molecule has 0 aliphatic heterocycles. The normalized spacial score (nSPS) is 23.9. The van der Waals surface area contributed by atoms with E-state index in [1.165, 1.54) is 4.88 Å². The molecule has 0 aromatic carbocycles. The molecule has 0 bridgehead atoms. The van der Waals surface area contributed by atoms with Crippen LogP contribution < -0.4 is 5.73 Å². The lowest BCUT2D eigenvalue weighted by molar-refractivity contribution is -0.134. The summed E-state index contributed by atoms with van der Waals surface area (Å²) >= 11 is 1.61. The Kier molecular flexibility index (Phi) is 3.79. The average Bonchev–Trinajstić information content (AvgIpc) is 2.88. The number of rotatable bonds is 3. The van der Waals surface area contributed by atoms with E-state index in [-0.39, 0.29) is 17.9 Å². The number of amides is 1. The summed E-state index contributed by atoms with van der Waals surface area (Å²) in [7, 11) is 1.87. The third-order valence-electron chi connectivity index (χ3n) is 3.42. The van der Waals surface area contributed by atoms with Crippen molar-refractivity contribution in [1.29, 1.82) is 0 Å². The van der Waals surface area contributed by atoms with Gasteiger partial charge in [0.15, 0.2) is 0 Å². The zero-order valence-electron chi connectivity index (χ0n) is 10.3. The van der Waals surface area contributed by atoms with E-state index in [1.807, 2.05) is 24.4 Å². The molecule has 17 heavy (non-hydrogen) atoms. The molecule has 1 saturated carbocycles. The van der Waals surface area contributed by atoms with E-state index in [2.05, 4.69) is 4.98 Å². The number of nitrogens with zero attached hydrogens (tertiary/aromatic N) is 2. The number of carbonyl (C=O) groups excluding carboxylic acids is 1. The molecule has 4 nitrogen and oxygen atoms in total. The number of nitrogens with two attached hydrogens (primary N) is 1. The molecular weight excluding hydrogens is 234 g/mol. The summed E-state index contributed by atoms with van der Waals surface area (Å²) in [6, 6.07) is 0.211. The smallest absolute Gasteiger partial charge is 0.225 e. The quantitative estimate of drug-likeness (QED) is 0.889. The van der Waals surface area contributed by atoms with Crippen molar-refractivity contribution in [2.45, 2.75) is 38.8 Å². The maximum absolute atomic E-state index is 12.2. The molecule has 1 aliphatic rings. The van der Waals surface area contributed by atoms with Gasteiger partial charge < -0.3 is 10.6 Å². The topological polar surface area (TPSA) is 59.2 Å². The van der Waals surface area contributed by atoms with Crippen LogP contribution in [0.2, 0.25) is 0 Å². The first-order chi connectivity index (χ1) is 8.08. The molecule has 1 fully saturated rings. The first-order valence-electron chi connectivity index (χ1n) is 5.97. The lowest BCUT2D eigenvalue weighted by atomic mass is 10.1. The largest absolute Gasteiger partial charge is 0.340 e. The van der Waals surface area contributed by atoms with E-state index in [0.717, 1.165) is 25.0 Å². The second kappa shape index (κ2) is 5.14. The maximum atomic E-state index is 12.2. The van der Waals surface area contributed by atoms with Gasteiger partial charge in [-0.25, -0.2) is 4.98 Å². The summed E-state index contributed by atoms with van der Waals surface area (Å²) in [4.78, 5) is 19.4. The van der Waals surface area contributed by atoms with Gasteiger partial charge >= 0.3 is 0 Å². The van der Waals surface area contributed by atoms with Gasteiger partial charge in [0.2, 0.25) is 5.91 Å². The molecule has 1 aromatic rings. The maximum Gasteiger partial charge on any atom is 0.225 e. The van der Waals surface area contributed by atoms with Gasteiger partial charge in [0.05, 0.1) is 17.7 Å². The van der Waals surface area contributed by atoms with Crippen LogP contribution in [-0.2, 0) is 11.3 Å². The van der Waals surface area contributed by atoms with E-state index in [4.69, 9.17) is 5.73 Å². The van der Waals surface area contributed by atoms with Gasteiger partial charge in [-0.2, -0.15) is 0 Å². The fourth-order valence-corrected chi connectivity index (χ4v) is 3.15. The van der Waals surface area contributed by atoms with Gasteiger partial charge in [0.25, 0.3) is 0 Å². The summed E-state index contributed by atoms with van der Waals surface area (Å²) in [6.07, 6.45) is 2.75. The van der Waals surface area contributed by atoms with Crippen molar-refractivity contribution in [2.24, 2.45) is 11.7 Å². The highest BCUT2D eigenvalue weighted by Gasteiger charge is 2.29. The SMILES string of the molecule is Cc1ncsc1CN(C)C(=O)[C@H]1CC[C@H](N)C1. The highest BCUT2D eigenvalue weighted by molar-refractivity contribution is 7.09. The number of thiazole rings is 1. The van der Waals surface area contributed by atoms with E-state index in [1.54, 1.807) is 11.3 Å². The molecule has 1 amide bonds. The third-order valence-corrected chi connectivity index (χ3v) is 4.34. The Morgan fingerprint density at radius 3 is 2.94 bits per heavy atom. The van der Waals surface area contributed by atoms with Crippen molar-refractivity contribution in [3.63, 3.8) is 0 Å². The van der Waals surface area contributed by atoms with E-state index in [0.29, 0.717) is 6.54 Å². The summed E-state index contributed by atoms with van der Waals surface area (Å²) in [6.45, 7) is 2.65. The number of hydrogen-bond donors (Lipinski definition) is 1. The fourth-order valence-electron chi connectivity index (χ4n) is 2.32. The van der Waals surface area contributed by atoms with Crippen LogP contribution in [0.1, 0.15) is 29.8 Å². The molecule has 2 N–H and O–H groups in total. The summed E-state index contributed by atoms with van der Waals surface area (Å²) in [5.41, 5.74) is 8.70. The van der Waals surface area contributed by atoms with Gasteiger partial charge in [-0.1, -0.05) is 0 Å². The zero-order valence-corrected chi connectivity index (χ0v) is 11.2. The Bertz CT molecular complexity index is 404. The predicted octanol–water partition coefficient (Wildman–Crippen LogP) is 1.54. The third kappa shape index (κ3) is 2.84. The van der Waals surface area contributed by atoms with Crippen LogP contribution in [0.25, 0.3) is 0 Å². The average molecular weight is 253 g/mol. The monoisotopic (exact) mass is 253 g/mol. The predicted molar refractivity (Wildman–Crippen MR) is 68.6 cm³/mol. The molecule has 2 atom stereocenters. The second-order valence-corrected chi connectivity index (χ2v) is 5.76. The molecular formula is C12H19N3OS. The van der Waals surface area contributed by atoms with Crippen LogP contribution in [0, 0.1) is 12.8 Å². The number of carbonyl (C=O) groups is 1. The van der Waals surface area contributed by atoms with Crippen LogP contribution in [0.4, 0.5) is 0 Å². The Labute approximate surface area is 106 Å². The minimum Gasteiger partial charge on any atom is -0.340 e. The first-order valence-corrected chi connectivity index (χ1v) is 6.85. The standard InChI is InChI=1S/C12H19N3OS/c1-8-11(17-7-14-8)6-15(2)12(16)9-3-4-10(13)5-9/h7,9-10H,3-6,13H2,1-2H3/t9-,10-/m0/s1. The van der Waals surface area contributed by atoms with E-state index in [9.17, 15) is 4.79 Å². The molecule has 1 heterocycles. The van der Waals surface area contributed by atoms with Crippen LogP contribution in [0.3, 0.4) is 0 Å². The second-order valence-electron chi connectivity index (χ2n) is 4.83. The molecule has 2 rings (SSSR count).